The number of carbonyl (C=O) groups is 2. The van der Waals surface area contributed by atoms with Crippen molar-refractivity contribution < 1.29 is 33.0 Å². The Kier molecular flexibility index (Phi) is 7.62. The second kappa shape index (κ2) is 10.6. The lowest BCUT2D eigenvalue weighted by Gasteiger charge is -2.13. The van der Waals surface area contributed by atoms with Gasteiger partial charge in [-0.2, -0.15) is 0 Å². The highest BCUT2D eigenvalue weighted by Crippen LogP contribution is 2.29. The molecule has 168 valence electrons. The fourth-order valence-electron chi connectivity index (χ4n) is 3.11. The third-order valence-corrected chi connectivity index (χ3v) is 4.81. The monoisotopic (exact) mass is 440 g/mol. The number of aryl methyl sites for hydroxylation is 2. The van der Waals surface area contributed by atoms with Gasteiger partial charge in [-0.05, 0) is 54.8 Å². The minimum Gasteiger partial charge on any atom is -0.497 e. The fourth-order valence-corrected chi connectivity index (χ4v) is 3.11. The third-order valence-electron chi connectivity index (χ3n) is 4.81. The van der Waals surface area contributed by atoms with E-state index < -0.39 is 17.6 Å². The van der Waals surface area contributed by atoms with E-state index in [0.29, 0.717) is 40.0 Å². The number of ether oxygens (including phenoxy) is 4. The Labute approximate surface area is 184 Å². The summed E-state index contributed by atoms with van der Waals surface area (Å²) in [5, 5.41) is 0.691. The fraction of sp³-hybridized carbons (Fsp3) is 0.292. The van der Waals surface area contributed by atoms with Crippen molar-refractivity contribution in [1.82, 2.24) is 0 Å². The maximum atomic E-state index is 12.7. The molecule has 0 N–H and O–H groups in total. The molecular formula is C24H24O8. The van der Waals surface area contributed by atoms with Crippen LogP contribution in [-0.2, 0) is 20.7 Å². The van der Waals surface area contributed by atoms with Crippen molar-refractivity contribution in [3.05, 3.63) is 69.6 Å². The highest BCUT2D eigenvalue weighted by molar-refractivity contribution is 5.92. The van der Waals surface area contributed by atoms with Gasteiger partial charge in [0.2, 0.25) is 0 Å². The summed E-state index contributed by atoms with van der Waals surface area (Å²) in [7, 11) is 3.05. The molecule has 0 atom stereocenters. The summed E-state index contributed by atoms with van der Waals surface area (Å²) in [5.74, 6) is -0.175. The molecule has 0 unspecified atom stereocenters. The SMILES string of the molecule is COCCOC(=O)CCc1cc2c(C)cc(=O)oc2cc1OC(=O)c1ccc(OC)cc1. The first kappa shape index (κ1) is 23.0. The van der Waals surface area contributed by atoms with Gasteiger partial charge < -0.3 is 23.4 Å². The van der Waals surface area contributed by atoms with Gasteiger partial charge in [0.1, 0.15) is 23.7 Å². The molecule has 0 amide bonds. The highest BCUT2D eigenvalue weighted by atomic mass is 16.6. The number of esters is 2. The van der Waals surface area contributed by atoms with E-state index in [4.69, 9.17) is 23.4 Å². The second-order valence-corrected chi connectivity index (χ2v) is 7.04. The Morgan fingerprint density at radius 2 is 1.75 bits per heavy atom. The molecular weight excluding hydrogens is 416 g/mol. The number of hydrogen-bond acceptors (Lipinski definition) is 8. The predicted molar refractivity (Wildman–Crippen MR) is 116 cm³/mol. The largest absolute Gasteiger partial charge is 0.497 e. The maximum absolute atomic E-state index is 12.7. The van der Waals surface area contributed by atoms with Crippen molar-refractivity contribution in [1.29, 1.82) is 0 Å². The van der Waals surface area contributed by atoms with Crippen LogP contribution in [0.15, 0.2) is 51.7 Å². The average molecular weight is 440 g/mol. The Hall–Kier alpha value is -3.65. The molecule has 1 heterocycles. The summed E-state index contributed by atoms with van der Waals surface area (Å²) in [6, 6.07) is 11.1. The molecule has 0 saturated carbocycles. The second-order valence-electron chi connectivity index (χ2n) is 7.04. The predicted octanol–water partition coefficient (Wildman–Crippen LogP) is 3.45. The summed E-state index contributed by atoms with van der Waals surface area (Å²) in [4.78, 5) is 36.5. The molecule has 1 aromatic heterocycles. The van der Waals surface area contributed by atoms with Crippen molar-refractivity contribution in [2.75, 3.05) is 27.4 Å². The number of carbonyl (C=O) groups excluding carboxylic acids is 2. The molecule has 0 fully saturated rings. The van der Waals surface area contributed by atoms with Crippen molar-refractivity contribution in [2.45, 2.75) is 19.8 Å². The van der Waals surface area contributed by atoms with Gasteiger partial charge in [-0.1, -0.05) is 0 Å². The topological polar surface area (TPSA) is 101 Å². The van der Waals surface area contributed by atoms with E-state index in [-0.39, 0.29) is 25.2 Å². The molecule has 0 aliphatic carbocycles. The van der Waals surface area contributed by atoms with E-state index in [9.17, 15) is 14.4 Å². The number of methoxy groups -OCH3 is 2. The van der Waals surface area contributed by atoms with Crippen LogP contribution in [0.1, 0.15) is 27.9 Å². The Balaban J connectivity index is 1.89. The first-order valence-corrected chi connectivity index (χ1v) is 9.99. The molecule has 0 radical (unpaired) electrons. The number of fused-ring (bicyclic) bond motifs is 1. The molecule has 0 saturated heterocycles. The van der Waals surface area contributed by atoms with E-state index in [1.54, 1.807) is 37.3 Å². The minimum atomic E-state index is -0.592. The first-order chi connectivity index (χ1) is 15.4. The van der Waals surface area contributed by atoms with E-state index in [0.717, 1.165) is 0 Å². The lowest BCUT2D eigenvalue weighted by Crippen LogP contribution is -2.12. The van der Waals surface area contributed by atoms with Gasteiger partial charge in [-0.25, -0.2) is 9.59 Å². The van der Waals surface area contributed by atoms with E-state index in [2.05, 4.69) is 0 Å². The zero-order chi connectivity index (χ0) is 23.1. The van der Waals surface area contributed by atoms with Gasteiger partial charge in [-0.15, -0.1) is 0 Å². The van der Waals surface area contributed by atoms with E-state index in [1.165, 1.54) is 26.4 Å². The van der Waals surface area contributed by atoms with Crippen molar-refractivity contribution in [3.63, 3.8) is 0 Å². The molecule has 0 aliphatic heterocycles. The van der Waals surface area contributed by atoms with Gasteiger partial charge in [-0.3, -0.25) is 4.79 Å². The van der Waals surface area contributed by atoms with Gasteiger partial charge in [0.15, 0.2) is 0 Å². The van der Waals surface area contributed by atoms with Crippen LogP contribution in [0.25, 0.3) is 11.0 Å². The van der Waals surface area contributed by atoms with Gasteiger partial charge in [0.05, 0.1) is 19.3 Å². The summed E-state index contributed by atoms with van der Waals surface area (Å²) >= 11 is 0. The normalized spacial score (nSPS) is 10.7. The van der Waals surface area contributed by atoms with Crippen LogP contribution < -0.4 is 15.1 Å². The van der Waals surface area contributed by atoms with Crippen LogP contribution in [0.5, 0.6) is 11.5 Å². The molecule has 2 aromatic carbocycles. The molecule has 32 heavy (non-hydrogen) atoms. The summed E-state index contributed by atoms with van der Waals surface area (Å²) in [5.41, 5.74) is 1.44. The standard InChI is InChI=1S/C24H24O8/c1-15-12-23(26)31-21-14-20(32-24(27)16-4-7-18(29-3)8-5-16)17(13-19(15)21)6-9-22(25)30-11-10-28-2/h4-5,7-8,12-14H,6,9-11H2,1-3H3. The lowest BCUT2D eigenvalue weighted by molar-refractivity contribution is -0.144. The molecule has 3 aromatic rings. The van der Waals surface area contributed by atoms with Crippen LogP contribution >= 0.6 is 0 Å². The minimum absolute atomic E-state index is 0.0815. The Bertz CT molecular complexity index is 1160. The number of benzene rings is 2. The molecule has 0 bridgehead atoms. The van der Waals surface area contributed by atoms with Gasteiger partial charge >= 0.3 is 17.6 Å². The summed E-state index contributed by atoms with van der Waals surface area (Å²) in [6.45, 7) is 2.26. The highest BCUT2D eigenvalue weighted by Gasteiger charge is 2.17. The molecule has 0 spiro atoms. The van der Waals surface area contributed by atoms with Crippen LogP contribution in [0.2, 0.25) is 0 Å². The van der Waals surface area contributed by atoms with Crippen molar-refractivity contribution >= 4 is 22.9 Å². The molecule has 8 nitrogen and oxygen atoms in total. The summed E-state index contributed by atoms with van der Waals surface area (Å²) < 4.78 is 26.0. The van der Waals surface area contributed by atoms with Gasteiger partial charge in [0, 0.05) is 31.0 Å². The Morgan fingerprint density at radius 1 is 1.00 bits per heavy atom. The van der Waals surface area contributed by atoms with Crippen LogP contribution in [0, 0.1) is 6.92 Å². The average Bonchev–Trinajstić information content (AvgIpc) is 2.78. The first-order valence-electron chi connectivity index (χ1n) is 9.99. The van der Waals surface area contributed by atoms with Gasteiger partial charge in [0.25, 0.3) is 0 Å². The lowest BCUT2D eigenvalue weighted by atomic mass is 10.0. The van der Waals surface area contributed by atoms with Crippen LogP contribution in [0.4, 0.5) is 0 Å². The smallest absolute Gasteiger partial charge is 0.343 e. The molecule has 0 aliphatic rings. The summed E-state index contributed by atoms with van der Waals surface area (Å²) in [6.07, 6.45) is 0.351. The van der Waals surface area contributed by atoms with Crippen LogP contribution in [-0.4, -0.2) is 39.4 Å². The number of rotatable bonds is 9. The van der Waals surface area contributed by atoms with E-state index in [1.807, 2.05) is 0 Å². The quantitative estimate of drug-likeness (QED) is 0.216. The van der Waals surface area contributed by atoms with Crippen molar-refractivity contribution in [2.24, 2.45) is 0 Å². The number of hydrogen-bond donors (Lipinski definition) is 0. The third kappa shape index (κ3) is 5.73. The van der Waals surface area contributed by atoms with Crippen molar-refractivity contribution in [3.8, 4) is 11.5 Å². The molecule has 8 heteroatoms. The maximum Gasteiger partial charge on any atom is 0.343 e. The Morgan fingerprint density at radius 3 is 2.44 bits per heavy atom. The van der Waals surface area contributed by atoms with E-state index >= 15 is 0 Å². The van der Waals surface area contributed by atoms with Crippen LogP contribution in [0.3, 0.4) is 0 Å². The zero-order valence-electron chi connectivity index (χ0n) is 18.1. The zero-order valence-corrected chi connectivity index (χ0v) is 18.1. The molecule has 3 rings (SSSR count).